The van der Waals surface area contributed by atoms with Gasteiger partial charge in [-0.15, -0.1) is 5.10 Å². The second kappa shape index (κ2) is 58.0. The lowest BCUT2D eigenvalue weighted by molar-refractivity contribution is -0.358. The van der Waals surface area contributed by atoms with Gasteiger partial charge in [-0.1, -0.05) is 11.3 Å². The molecule has 10 rings (SSSR count). The Balaban J connectivity index is 0.645. The molecule has 6 bridgehead atoms. The normalized spacial score (nSPS) is 24.6. The average Bonchev–Trinajstić information content (AvgIpc) is 1.61. The summed E-state index contributed by atoms with van der Waals surface area (Å²) in [7, 11) is 0. The Morgan fingerprint density at radius 2 is 0.887 bits per heavy atom. The van der Waals surface area contributed by atoms with E-state index in [1.807, 2.05) is 16.7 Å². The molecular formula is C87H125F7N10O37. The number of pyridine rings is 1. The van der Waals surface area contributed by atoms with Crippen molar-refractivity contribution >= 4 is 52.1 Å². The molecule has 6 amide bonds. The van der Waals surface area contributed by atoms with E-state index in [0.29, 0.717) is 28.3 Å². The first-order chi connectivity index (χ1) is 67.7. The Bertz CT molecular complexity index is 4350. The summed E-state index contributed by atoms with van der Waals surface area (Å²) in [5.41, 5.74) is -2.33. The van der Waals surface area contributed by atoms with Gasteiger partial charge in [0.25, 0.3) is 5.79 Å². The molecule has 4 aromatic rings. The number of aromatic nitrogens is 4. The standard InChI is InChI=1S/C87H125F7N10O37/c1-55(105)98-70-73(113)76(116)83(52-135-79(70)137-83)50-131-38-35-125-32-29-122-26-23-119-20-13-95-65(108)10-17-128-47-82(43-58(106)3-2-16-134-59-6-8-61-56(41-59)4-7-62(99-61)63-46-104(103-102-63)57-5-9-64(107)60(88)42-57,48-129-18-11-66(109)96-14-21-120-24-27-123-30-33-126-36-39-132-51-84-53-136-80(138-84)71(74(114)77(84)117)100-68(111)44-86(89,90)91)49-130-19-12-67(110)97-15-22-121-25-28-124-31-34-127-37-40-133-54-85-78(118)75(115)72(81(139-85)140-141-85)101-69(112)45-87(92,93)94/h4-9,41-42,46,70-81,107,113-118H,2-3,10-40,43-45,47-54H2,1H3,(H,95,108)(H,96,109)(H,97,110)(H,98,105)(H,100,111)(H,101,112)/t70-,71-,72-,73-,74-,75-,76-,77-,78-,79+,80+,81-,82?,83+,84+,85+/m1/s1. The highest BCUT2D eigenvalue weighted by atomic mass is 19.4. The van der Waals surface area contributed by atoms with Crippen molar-refractivity contribution in [2.75, 3.05) is 238 Å². The minimum atomic E-state index is -4.83. The zero-order valence-electron chi connectivity index (χ0n) is 77.5. The van der Waals surface area contributed by atoms with Crippen LogP contribution in [0.25, 0.3) is 28.0 Å². The number of ketones is 1. The number of ether oxygens (including phenoxy) is 21. The maximum Gasteiger partial charge on any atom is 0.397 e. The molecule has 1 unspecified atom stereocenters. The lowest BCUT2D eigenvalue weighted by Crippen LogP contribution is -2.66. The van der Waals surface area contributed by atoms with Gasteiger partial charge in [0, 0.05) is 75.5 Å². The molecule has 0 saturated carbocycles. The minimum absolute atomic E-state index is 0.00850. The molecule has 141 heavy (non-hydrogen) atoms. The smallest absolute Gasteiger partial charge is 0.397 e. The van der Waals surface area contributed by atoms with Crippen molar-refractivity contribution in [1.82, 2.24) is 51.9 Å². The number of phenols is 1. The maximum atomic E-state index is 14.3. The van der Waals surface area contributed by atoms with Crippen molar-refractivity contribution in [2.24, 2.45) is 5.41 Å². The molecule has 6 aliphatic rings. The number of hydrogen-bond donors (Lipinski definition) is 13. The van der Waals surface area contributed by atoms with Crippen molar-refractivity contribution in [2.45, 2.75) is 161 Å². The summed E-state index contributed by atoms with van der Waals surface area (Å²) in [6, 6.07) is 8.60. The molecule has 2 aromatic carbocycles. The number of nitrogens with zero attached hydrogens (tertiary/aromatic N) is 4. The number of amides is 6. The monoisotopic (exact) mass is 2030 g/mol. The van der Waals surface area contributed by atoms with Crippen molar-refractivity contribution in [3.05, 3.63) is 60.5 Å². The Morgan fingerprint density at radius 3 is 1.34 bits per heavy atom. The van der Waals surface area contributed by atoms with Crippen molar-refractivity contribution in [1.29, 1.82) is 0 Å². The van der Waals surface area contributed by atoms with Gasteiger partial charge in [0.05, 0.1) is 235 Å². The molecule has 47 nitrogen and oxygen atoms in total. The van der Waals surface area contributed by atoms with E-state index in [4.69, 9.17) is 114 Å². The number of halogens is 7. The van der Waals surface area contributed by atoms with Crippen LogP contribution in [-0.4, -0.2) is 438 Å². The number of aliphatic hydroxyl groups excluding tert-OH is 6. The zero-order chi connectivity index (χ0) is 101. The fourth-order valence-electron chi connectivity index (χ4n) is 15.1. The molecule has 6 saturated heterocycles. The van der Waals surface area contributed by atoms with Crippen LogP contribution in [0.4, 0.5) is 30.7 Å². The first-order valence-electron chi connectivity index (χ1n) is 45.8. The number of hydrogen-bond acceptors (Lipinski definition) is 40. The summed E-state index contributed by atoms with van der Waals surface area (Å²) in [6.45, 7) is 2.39. The predicted molar refractivity (Wildman–Crippen MR) is 461 cm³/mol. The van der Waals surface area contributed by atoms with E-state index in [2.05, 4.69) is 31.6 Å². The third kappa shape index (κ3) is 37.5. The summed E-state index contributed by atoms with van der Waals surface area (Å²) in [6.07, 6.45) is -25.7. The number of rotatable bonds is 71. The van der Waals surface area contributed by atoms with Gasteiger partial charge in [-0.25, -0.2) is 14.1 Å². The van der Waals surface area contributed by atoms with E-state index >= 15 is 0 Å². The van der Waals surface area contributed by atoms with Crippen LogP contribution in [-0.2, 0) is 138 Å². The number of benzene rings is 2. The number of fused-ring (bicyclic) bond motifs is 7. The van der Waals surface area contributed by atoms with E-state index in [9.17, 15) is 100 Å². The second-order valence-electron chi connectivity index (χ2n) is 33.5. The minimum Gasteiger partial charge on any atom is -0.505 e. The molecule has 8 heterocycles. The zero-order valence-corrected chi connectivity index (χ0v) is 77.5. The highest BCUT2D eigenvalue weighted by Crippen LogP contribution is 2.42. The average molecular weight is 2040 g/mol. The Labute approximate surface area is 803 Å². The molecular weight excluding hydrogens is 1910 g/mol. The van der Waals surface area contributed by atoms with Crippen LogP contribution < -0.4 is 36.6 Å². The van der Waals surface area contributed by atoms with Crippen molar-refractivity contribution in [3.63, 3.8) is 0 Å². The molecule has 0 spiro atoms. The lowest BCUT2D eigenvalue weighted by Gasteiger charge is -2.42. The Kier molecular flexibility index (Phi) is 47.0. The van der Waals surface area contributed by atoms with Crippen LogP contribution >= 0.6 is 0 Å². The van der Waals surface area contributed by atoms with Gasteiger partial charge in [0.15, 0.2) is 24.1 Å². The van der Waals surface area contributed by atoms with Gasteiger partial charge in [-0.05, 0) is 42.8 Å². The molecule has 0 radical (unpaired) electrons. The lowest BCUT2D eigenvalue weighted by atomic mass is 9.84. The Morgan fingerprint density at radius 1 is 0.454 bits per heavy atom. The summed E-state index contributed by atoms with van der Waals surface area (Å²) < 4.78 is 211. The predicted octanol–water partition coefficient (Wildman–Crippen LogP) is -1.99. The number of nitrogens with one attached hydrogen (secondary N) is 6. The molecule has 794 valence electrons. The highest BCUT2D eigenvalue weighted by Gasteiger charge is 2.64. The van der Waals surface area contributed by atoms with Gasteiger partial charge < -0.3 is 167 Å². The van der Waals surface area contributed by atoms with Crippen LogP contribution in [0.5, 0.6) is 11.5 Å². The molecule has 6 aliphatic heterocycles. The number of alkyl halides is 6. The number of aliphatic hydroxyl groups is 6. The van der Waals surface area contributed by atoms with Crippen LogP contribution in [0.3, 0.4) is 0 Å². The fourth-order valence-corrected chi connectivity index (χ4v) is 15.1. The van der Waals surface area contributed by atoms with Gasteiger partial charge >= 0.3 is 12.4 Å². The molecule has 6 fully saturated rings. The maximum absolute atomic E-state index is 14.3. The van der Waals surface area contributed by atoms with Gasteiger partial charge in [0.1, 0.15) is 103 Å². The molecule has 2 aromatic heterocycles. The van der Waals surface area contributed by atoms with E-state index in [0.717, 1.165) is 11.5 Å². The fraction of sp³-hybridized carbons (Fsp3) is 0.724. The molecule has 16 atom stereocenters. The van der Waals surface area contributed by atoms with E-state index < -0.39 is 169 Å². The summed E-state index contributed by atoms with van der Waals surface area (Å²) in [5.74, 6) is -7.67. The third-order valence-corrected chi connectivity index (χ3v) is 22.3. The number of Topliss-reactive ketones (excluding diaryl/α,β-unsaturated/α-hetero) is 1. The summed E-state index contributed by atoms with van der Waals surface area (Å²) in [5, 5.41) is 97.4. The molecule has 13 N–H and O–H groups in total. The van der Waals surface area contributed by atoms with Gasteiger partial charge in [0.2, 0.25) is 41.7 Å². The van der Waals surface area contributed by atoms with E-state index in [1.165, 1.54) is 23.7 Å². The second-order valence-corrected chi connectivity index (χ2v) is 33.5. The SMILES string of the molecule is CC(=O)N[C@H]1[C@H]2OC[C@](COCCOCCOCCOCCNC(=O)CCOCC(COCCC(=O)NCCOCCOCCOCCOC[C@@]34CO[C@@H](O3)[C@H](NC(=O)CC(F)(F)F)[C@@H](O)[C@H]4O)(COCCC(=O)NCCOCCOCCOCCOC[C@@]34OO[C@@H](O3)[C@H](NC(=O)CC(F)(F)F)[C@@H](O)[C@H]4O)CC(=O)CCCOc3ccc4nc(-c5cn(-c6ccc(O)c(F)c6)nn5)ccc4c3)(O2)[C@H](O)[C@@H]1O. The van der Waals surface area contributed by atoms with Crippen LogP contribution in [0.2, 0.25) is 0 Å². The van der Waals surface area contributed by atoms with E-state index in [1.54, 1.807) is 30.5 Å². The highest BCUT2D eigenvalue weighted by molar-refractivity contribution is 5.83. The largest absolute Gasteiger partial charge is 0.505 e. The topological polar surface area (TPSA) is 589 Å². The van der Waals surface area contributed by atoms with Gasteiger partial charge in [-0.2, -0.15) is 36.1 Å². The molecule has 0 aliphatic carbocycles. The number of carbonyl (C=O) groups excluding carboxylic acids is 7. The van der Waals surface area contributed by atoms with Crippen molar-refractivity contribution in [3.8, 4) is 28.6 Å². The first-order valence-corrected chi connectivity index (χ1v) is 45.8. The summed E-state index contributed by atoms with van der Waals surface area (Å²) in [4.78, 5) is 104. The quantitative estimate of drug-likeness (QED) is 0.0129. The molecule has 54 heteroatoms. The van der Waals surface area contributed by atoms with E-state index in [-0.39, 0.29) is 281 Å². The van der Waals surface area contributed by atoms with Crippen LogP contribution in [0.15, 0.2) is 54.7 Å². The van der Waals surface area contributed by atoms with Crippen LogP contribution in [0, 0.1) is 11.2 Å². The summed E-state index contributed by atoms with van der Waals surface area (Å²) >= 11 is 0. The number of phenolic OH excluding ortho intramolecular Hbond substituents is 1. The van der Waals surface area contributed by atoms with Crippen molar-refractivity contribution < 1.29 is 209 Å². The first kappa shape index (κ1) is 114. The Hall–Kier alpha value is -8.53. The van der Waals surface area contributed by atoms with Crippen LogP contribution in [0.1, 0.15) is 58.3 Å². The number of aromatic hydroxyl groups is 1. The van der Waals surface area contributed by atoms with Gasteiger partial charge in [-0.3, -0.25) is 33.6 Å². The number of carbonyl (C=O) groups is 7. The third-order valence-electron chi connectivity index (χ3n) is 22.3.